The predicted molar refractivity (Wildman–Crippen MR) is 55.3 cm³/mol. The van der Waals surface area contributed by atoms with E-state index in [9.17, 15) is 0 Å². The quantitative estimate of drug-likeness (QED) is 0.447. The first-order valence-electron chi connectivity index (χ1n) is 4.56. The molecule has 0 heterocycles. The van der Waals surface area contributed by atoms with E-state index in [4.69, 9.17) is 0 Å². The Kier molecular flexibility index (Phi) is 4.52. The van der Waals surface area contributed by atoms with E-state index in [0.717, 1.165) is 5.54 Å². The molecule has 0 nitrogen and oxygen atoms in total. The molecule has 0 aromatic heterocycles. The maximum Gasteiger partial charge on any atom is 0.140 e. The van der Waals surface area contributed by atoms with E-state index in [2.05, 4.69) is 39.2 Å². The third kappa shape index (κ3) is 2.38. The summed E-state index contributed by atoms with van der Waals surface area (Å²) in [4.78, 5) is 0. The van der Waals surface area contributed by atoms with E-state index in [1.807, 2.05) is 6.92 Å². The lowest BCUT2D eigenvalue weighted by molar-refractivity contribution is 0.982. The highest BCUT2D eigenvalue weighted by Gasteiger charge is 2.30. The Labute approximate surface area is 72.4 Å². The first-order valence-corrected chi connectivity index (χ1v) is 7.06. The predicted octanol–water partition coefficient (Wildman–Crippen LogP) is 3.45. The fraction of sp³-hybridized carbons (Fsp3) is 0.800. The molecular formula is C10H20Si. The first kappa shape index (κ1) is 10.8. The van der Waals surface area contributed by atoms with E-state index in [-0.39, 0.29) is 0 Å². The molecule has 0 aliphatic heterocycles. The van der Waals surface area contributed by atoms with Crippen molar-refractivity contribution in [1.29, 1.82) is 0 Å². The van der Waals surface area contributed by atoms with Crippen molar-refractivity contribution in [2.24, 2.45) is 0 Å². The van der Waals surface area contributed by atoms with Crippen molar-refractivity contribution in [2.45, 2.75) is 52.2 Å². The third-order valence-electron chi connectivity index (χ3n) is 2.74. The van der Waals surface area contributed by atoms with Crippen molar-refractivity contribution < 1.29 is 0 Å². The van der Waals surface area contributed by atoms with E-state index in [1.54, 1.807) is 0 Å². The van der Waals surface area contributed by atoms with E-state index < -0.39 is 8.07 Å². The third-order valence-corrected chi connectivity index (χ3v) is 8.22. The normalized spacial score (nSPS) is 11.1. The zero-order valence-corrected chi connectivity index (χ0v) is 9.49. The molecule has 0 rings (SSSR count). The highest BCUT2D eigenvalue weighted by Crippen LogP contribution is 2.27. The van der Waals surface area contributed by atoms with Crippen LogP contribution in [0.5, 0.6) is 0 Å². The summed E-state index contributed by atoms with van der Waals surface area (Å²) in [5.41, 5.74) is 4.29. The van der Waals surface area contributed by atoms with Crippen molar-refractivity contribution in [3.05, 3.63) is 0 Å². The van der Waals surface area contributed by atoms with Crippen LogP contribution in [-0.4, -0.2) is 8.07 Å². The Morgan fingerprint density at radius 2 is 1.64 bits per heavy atom. The second-order valence-electron chi connectivity index (χ2n) is 3.39. The summed E-state index contributed by atoms with van der Waals surface area (Å²) in [7, 11) is -1.18. The summed E-state index contributed by atoms with van der Waals surface area (Å²) in [6.45, 7) is 11.2. The lowest BCUT2D eigenvalue weighted by atomic mass is 10.6. The van der Waals surface area contributed by atoms with Crippen LogP contribution in [0.1, 0.15) is 34.6 Å². The van der Waals surface area contributed by atoms with Gasteiger partial charge in [-0.15, -0.1) is 11.5 Å². The molecule has 0 saturated carbocycles. The Balaban J connectivity index is 4.55. The second-order valence-corrected chi connectivity index (χ2v) is 8.52. The Morgan fingerprint density at radius 1 is 1.18 bits per heavy atom. The molecule has 0 radical (unpaired) electrons. The van der Waals surface area contributed by atoms with Gasteiger partial charge in [0, 0.05) is 0 Å². The average Bonchev–Trinajstić information content (AvgIpc) is 2.00. The van der Waals surface area contributed by atoms with Gasteiger partial charge >= 0.3 is 0 Å². The van der Waals surface area contributed by atoms with Gasteiger partial charge in [-0.2, -0.15) is 0 Å². The summed E-state index contributed by atoms with van der Waals surface area (Å²) in [5, 5.41) is 0. The van der Waals surface area contributed by atoms with Crippen LogP contribution in [0.15, 0.2) is 0 Å². The van der Waals surface area contributed by atoms with Gasteiger partial charge in [0.25, 0.3) is 0 Å². The van der Waals surface area contributed by atoms with Gasteiger partial charge in [0.2, 0.25) is 0 Å². The number of hydrogen-bond acceptors (Lipinski definition) is 0. The molecule has 0 N–H and O–H groups in total. The smallest absolute Gasteiger partial charge is 0.131 e. The molecular weight excluding hydrogens is 148 g/mol. The molecule has 0 unspecified atom stereocenters. The Morgan fingerprint density at radius 3 is 1.73 bits per heavy atom. The lowest BCUT2D eigenvalue weighted by Gasteiger charge is -2.27. The van der Waals surface area contributed by atoms with Crippen LogP contribution < -0.4 is 0 Å². The van der Waals surface area contributed by atoms with Gasteiger partial charge in [0.15, 0.2) is 0 Å². The van der Waals surface area contributed by atoms with Gasteiger partial charge in [0.05, 0.1) is 0 Å². The summed E-state index contributed by atoms with van der Waals surface area (Å²) in [6, 6.07) is 2.62. The van der Waals surface area contributed by atoms with Crippen molar-refractivity contribution in [3.8, 4) is 11.5 Å². The highest BCUT2D eigenvalue weighted by atomic mass is 28.3. The van der Waals surface area contributed by atoms with Crippen LogP contribution in [0.2, 0.25) is 17.6 Å². The van der Waals surface area contributed by atoms with Gasteiger partial charge in [-0.25, -0.2) is 0 Å². The largest absolute Gasteiger partial charge is 0.140 e. The molecule has 0 bridgehead atoms. The van der Waals surface area contributed by atoms with Crippen molar-refractivity contribution in [2.75, 3.05) is 0 Å². The molecule has 64 valence electrons. The molecule has 0 atom stereocenters. The van der Waals surface area contributed by atoms with Crippen LogP contribution in [0, 0.1) is 11.5 Å². The van der Waals surface area contributed by atoms with Crippen LogP contribution in [-0.2, 0) is 0 Å². The van der Waals surface area contributed by atoms with Crippen molar-refractivity contribution >= 4 is 8.07 Å². The second kappa shape index (κ2) is 4.61. The molecule has 1 heteroatoms. The Bertz CT molecular complexity index is 155. The van der Waals surface area contributed by atoms with Crippen LogP contribution in [0.3, 0.4) is 0 Å². The Hall–Kier alpha value is -0.223. The van der Waals surface area contributed by atoms with Crippen LogP contribution in [0.4, 0.5) is 0 Å². The lowest BCUT2D eigenvalue weighted by Crippen LogP contribution is -2.34. The first-order chi connectivity index (χ1) is 5.13. The van der Waals surface area contributed by atoms with Gasteiger partial charge in [-0.1, -0.05) is 27.7 Å². The molecule has 0 amide bonds. The summed E-state index contributed by atoms with van der Waals surface area (Å²) >= 11 is 0. The zero-order chi connectivity index (χ0) is 8.91. The van der Waals surface area contributed by atoms with Crippen LogP contribution in [0.25, 0.3) is 0 Å². The van der Waals surface area contributed by atoms with Gasteiger partial charge in [-0.3, -0.25) is 0 Å². The maximum atomic E-state index is 3.48. The maximum absolute atomic E-state index is 3.48. The molecule has 0 aromatic rings. The van der Waals surface area contributed by atoms with Gasteiger partial charge < -0.3 is 0 Å². The standard InChI is InChI=1S/C10H20Si/c1-6-9-11(7-2,8-3)10(4)5/h10H,7-8H2,1-5H3. The number of rotatable bonds is 3. The monoisotopic (exact) mass is 168 g/mol. The van der Waals surface area contributed by atoms with E-state index >= 15 is 0 Å². The molecule has 0 aliphatic rings. The fourth-order valence-corrected chi connectivity index (χ4v) is 4.91. The topological polar surface area (TPSA) is 0 Å². The summed E-state index contributed by atoms with van der Waals surface area (Å²) in [5.74, 6) is 3.10. The van der Waals surface area contributed by atoms with Crippen LogP contribution >= 0.6 is 0 Å². The summed E-state index contributed by atoms with van der Waals surface area (Å²) < 4.78 is 0. The minimum absolute atomic E-state index is 0.810. The highest BCUT2D eigenvalue weighted by molar-refractivity contribution is 6.88. The molecule has 0 fully saturated rings. The van der Waals surface area contributed by atoms with Gasteiger partial charge in [0.1, 0.15) is 8.07 Å². The van der Waals surface area contributed by atoms with Crippen molar-refractivity contribution in [3.63, 3.8) is 0 Å². The van der Waals surface area contributed by atoms with E-state index in [0.29, 0.717) is 0 Å². The minimum Gasteiger partial charge on any atom is -0.131 e. The average molecular weight is 168 g/mol. The molecule has 11 heavy (non-hydrogen) atoms. The van der Waals surface area contributed by atoms with Gasteiger partial charge in [-0.05, 0) is 24.6 Å². The fourth-order valence-electron chi connectivity index (χ4n) is 1.64. The van der Waals surface area contributed by atoms with Crippen molar-refractivity contribution in [1.82, 2.24) is 0 Å². The summed E-state index contributed by atoms with van der Waals surface area (Å²) in [6.07, 6.45) is 0. The minimum atomic E-state index is -1.18. The SMILES string of the molecule is CC#C[Si](CC)(CC)C(C)C. The molecule has 0 aromatic carbocycles. The van der Waals surface area contributed by atoms with E-state index in [1.165, 1.54) is 12.1 Å². The number of hydrogen-bond donors (Lipinski definition) is 0. The molecule has 0 spiro atoms. The zero-order valence-electron chi connectivity index (χ0n) is 8.49. The molecule has 0 saturated heterocycles. The molecule has 0 aliphatic carbocycles.